The van der Waals surface area contributed by atoms with Gasteiger partial charge in [-0.25, -0.2) is 18.6 Å². The molecule has 0 fully saturated rings. The summed E-state index contributed by atoms with van der Waals surface area (Å²) in [6.07, 6.45) is 2.28. The molecule has 1 amide bonds. The normalized spacial score (nSPS) is 25.0. The molecule has 1 heterocycles. The summed E-state index contributed by atoms with van der Waals surface area (Å²) in [7, 11) is 0. The van der Waals surface area contributed by atoms with E-state index >= 15 is 0 Å². The van der Waals surface area contributed by atoms with Crippen molar-refractivity contribution in [2.45, 2.75) is 24.9 Å². The quantitative estimate of drug-likeness (QED) is 0.893. The third-order valence-electron chi connectivity index (χ3n) is 3.74. The highest BCUT2D eigenvalue weighted by Gasteiger charge is 2.39. The van der Waals surface area contributed by atoms with Gasteiger partial charge in [0.2, 0.25) is 5.91 Å². The van der Waals surface area contributed by atoms with Crippen LogP contribution in [0.15, 0.2) is 47.3 Å². The molecule has 22 heavy (non-hydrogen) atoms. The number of carbonyl (C=O) groups is 1. The van der Waals surface area contributed by atoms with Crippen molar-refractivity contribution in [3.8, 4) is 0 Å². The predicted octanol–water partition coefficient (Wildman–Crippen LogP) is 3.44. The van der Waals surface area contributed by atoms with Crippen molar-refractivity contribution < 1.29 is 18.0 Å². The Hall–Kier alpha value is -2.37. The summed E-state index contributed by atoms with van der Waals surface area (Å²) in [6, 6.07) is 5.49. The van der Waals surface area contributed by atoms with Gasteiger partial charge in [-0.2, -0.15) is 5.10 Å². The van der Waals surface area contributed by atoms with Crippen LogP contribution in [0.5, 0.6) is 0 Å². The number of halogens is 3. The number of benzene rings is 1. The molecule has 6 heteroatoms. The van der Waals surface area contributed by atoms with Gasteiger partial charge < -0.3 is 0 Å². The molecule has 1 atom stereocenters. The van der Waals surface area contributed by atoms with Gasteiger partial charge in [-0.1, -0.05) is 18.2 Å². The first-order chi connectivity index (χ1) is 10.5. The van der Waals surface area contributed by atoms with E-state index < -0.39 is 23.7 Å². The molecule has 1 aliphatic carbocycles. The van der Waals surface area contributed by atoms with Crippen molar-refractivity contribution in [1.82, 2.24) is 5.43 Å². The number of hydrazone groups is 1. The number of rotatable bonds is 2. The molecule has 1 unspecified atom stereocenters. The summed E-state index contributed by atoms with van der Waals surface area (Å²) in [4.78, 5) is 11.1. The average Bonchev–Trinajstić information content (AvgIpc) is 2.47. The minimum absolute atomic E-state index is 0.0943. The lowest BCUT2D eigenvalue weighted by molar-refractivity contribution is -0.121. The number of hydrogen-bond acceptors (Lipinski definition) is 2. The monoisotopic (exact) mass is 306 g/mol. The van der Waals surface area contributed by atoms with E-state index in [0.29, 0.717) is 5.56 Å². The minimum atomic E-state index is -2.06. The average molecular weight is 306 g/mol. The zero-order chi connectivity index (χ0) is 15.7. The number of hydrogen-bond donors (Lipinski definition) is 1. The number of amides is 1. The highest BCUT2D eigenvalue weighted by molar-refractivity contribution is 6.00. The van der Waals surface area contributed by atoms with Gasteiger partial charge in [0.15, 0.2) is 5.67 Å². The lowest BCUT2D eigenvalue weighted by Gasteiger charge is -2.28. The Labute approximate surface area is 125 Å². The van der Waals surface area contributed by atoms with E-state index in [1.807, 2.05) is 0 Å². The first-order valence-electron chi connectivity index (χ1n) is 6.86. The lowest BCUT2D eigenvalue weighted by atomic mass is 9.84. The molecular formula is C16H13F3N2O. The number of carbonyl (C=O) groups excluding carboxylic acids is 1. The Kier molecular flexibility index (Phi) is 3.60. The molecule has 2 aliphatic rings. The van der Waals surface area contributed by atoms with Crippen molar-refractivity contribution in [1.29, 1.82) is 0 Å². The van der Waals surface area contributed by atoms with Crippen LogP contribution in [0.1, 0.15) is 24.8 Å². The topological polar surface area (TPSA) is 41.5 Å². The zero-order valence-corrected chi connectivity index (χ0v) is 11.6. The van der Waals surface area contributed by atoms with Crippen LogP contribution < -0.4 is 5.43 Å². The van der Waals surface area contributed by atoms with Crippen molar-refractivity contribution in [3.63, 3.8) is 0 Å². The Morgan fingerprint density at radius 3 is 2.68 bits per heavy atom. The van der Waals surface area contributed by atoms with Gasteiger partial charge in [0.05, 0.1) is 5.71 Å². The molecule has 0 spiro atoms. The number of alkyl halides is 1. The molecule has 0 aromatic heterocycles. The first-order valence-corrected chi connectivity index (χ1v) is 6.86. The molecular weight excluding hydrogens is 293 g/mol. The molecule has 0 bridgehead atoms. The van der Waals surface area contributed by atoms with E-state index in [4.69, 9.17) is 0 Å². The number of allylic oxidation sites excluding steroid dienone is 4. The van der Waals surface area contributed by atoms with Crippen molar-refractivity contribution in [3.05, 3.63) is 53.6 Å². The highest BCUT2D eigenvalue weighted by atomic mass is 19.2. The summed E-state index contributed by atoms with van der Waals surface area (Å²) in [5.74, 6) is -1.44. The van der Waals surface area contributed by atoms with E-state index in [1.165, 1.54) is 30.4 Å². The van der Waals surface area contributed by atoms with Crippen LogP contribution in [0.25, 0.3) is 5.57 Å². The zero-order valence-electron chi connectivity index (χ0n) is 11.6. The molecule has 0 saturated heterocycles. The van der Waals surface area contributed by atoms with Crippen LogP contribution in [0.4, 0.5) is 13.2 Å². The molecule has 114 valence electrons. The van der Waals surface area contributed by atoms with Gasteiger partial charge >= 0.3 is 0 Å². The van der Waals surface area contributed by atoms with Gasteiger partial charge in [0.1, 0.15) is 11.6 Å². The summed E-state index contributed by atoms with van der Waals surface area (Å²) in [5, 5.41) is 3.69. The van der Waals surface area contributed by atoms with E-state index in [-0.39, 0.29) is 30.0 Å². The van der Waals surface area contributed by atoms with Crippen molar-refractivity contribution in [2.75, 3.05) is 0 Å². The van der Waals surface area contributed by atoms with Crippen molar-refractivity contribution >= 4 is 17.2 Å². The summed E-state index contributed by atoms with van der Waals surface area (Å²) < 4.78 is 42.4. The molecule has 1 aliphatic heterocycles. The Bertz CT molecular complexity index is 724. The Morgan fingerprint density at radius 1 is 1.23 bits per heavy atom. The predicted molar refractivity (Wildman–Crippen MR) is 76.8 cm³/mol. The van der Waals surface area contributed by atoms with Gasteiger partial charge in [-0.3, -0.25) is 4.79 Å². The van der Waals surface area contributed by atoms with Gasteiger partial charge in [-0.15, -0.1) is 0 Å². The van der Waals surface area contributed by atoms with Crippen LogP contribution in [-0.4, -0.2) is 17.3 Å². The minimum Gasteiger partial charge on any atom is -0.273 e. The van der Waals surface area contributed by atoms with E-state index in [0.717, 1.165) is 0 Å². The highest BCUT2D eigenvalue weighted by Crippen LogP contribution is 2.37. The molecule has 3 rings (SSSR count). The van der Waals surface area contributed by atoms with Crippen LogP contribution >= 0.6 is 0 Å². The van der Waals surface area contributed by atoms with E-state index in [1.54, 1.807) is 6.07 Å². The molecule has 0 radical (unpaired) electrons. The maximum Gasteiger partial charge on any atom is 0.240 e. The fourth-order valence-corrected chi connectivity index (χ4v) is 2.57. The molecule has 1 aromatic rings. The third kappa shape index (κ3) is 2.68. The SMILES string of the molecule is O=C1CCC(C2(F)C=CC(c3cccc(F)c3)=C(F)C2)=NN1. The Balaban J connectivity index is 1.89. The van der Waals surface area contributed by atoms with E-state index in [2.05, 4.69) is 10.5 Å². The second kappa shape index (κ2) is 5.44. The lowest BCUT2D eigenvalue weighted by Crippen LogP contribution is -2.39. The van der Waals surface area contributed by atoms with Crippen LogP contribution in [0.3, 0.4) is 0 Å². The third-order valence-corrected chi connectivity index (χ3v) is 3.74. The van der Waals surface area contributed by atoms with E-state index in [9.17, 15) is 18.0 Å². The fourth-order valence-electron chi connectivity index (χ4n) is 2.57. The van der Waals surface area contributed by atoms with Crippen LogP contribution in [-0.2, 0) is 4.79 Å². The molecule has 0 saturated carbocycles. The van der Waals surface area contributed by atoms with Crippen LogP contribution in [0.2, 0.25) is 0 Å². The van der Waals surface area contributed by atoms with Gasteiger partial charge in [0.25, 0.3) is 0 Å². The molecule has 1 N–H and O–H groups in total. The number of nitrogens with one attached hydrogen (secondary N) is 1. The maximum atomic E-state index is 14.9. The smallest absolute Gasteiger partial charge is 0.240 e. The fraction of sp³-hybridized carbons (Fsp3) is 0.250. The summed E-state index contributed by atoms with van der Waals surface area (Å²) >= 11 is 0. The Morgan fingerprint density at radius 2 is 2.05 bits per heavy atom. The van der Waals surface area contributed by atoms with Gasteiger partial charge in [-0.05, 0) is 30.2 Å². The second-order valence-corrected chi connectivity index (χ2v) is 5.29. The van der Waals surface area contributed by atoms with Crippen molar-refractivity contribution in [2.24, 2.45) is 5.10 Å². The molecule has 3 nitrogen and oxygen atoms in total. The number of nitrogens with zero attached hydrogens (tertiary/aromatic N) is 1. The van der Waals surface area contributed by atoms with Crippen LogP contribution in [0, 0.1) is 5.82 Å². The maximum absolute atomic E-state index is 14.9. The second-order valence-electron chi connectivity index (χ2n) is 5.29. The molecule has 1 aromatic carbocycles. The van der Waals surface area contributed by atoms with Gasteiger partial charge in [0, 0.05) is 18.4 Å². The summed E-state index contributed by atoms with van der Waals surface area (Å²) in [6.45, 7) is 0. The summed E-state index contributed by atoms with van der Waals surface area (Å²) in [5.41, 5.74) is 0.757. The largest absolute Gasteiger partial charge is 0.273 e. The standard InChI is InChI=1S/C16H13F3N2O/c17-11-3-1-2-10(8-11)12-6-7-16(19,9-13(12)18)14-4-5-15(22)21-20-14/h1-3,6-8H,4-5,9H2,(H,21,22). The first kappa shape index (κ1) is 14.6.